The zero-order valence-corrected chi connectivity index (χ0v) is 10.3. The van der Waals surface area contributed by atoms with E-state index in [0.29, 0.717) is 5.92 Å². The molecule has 18 heavy (non-hydrogen) atoms. The normalized spacial score (nSPS) is 18.8. The molecule has 0 saturated heterocycles. The fourth-order valence-corrected chi connectivity index (χ4v) is 2.84. The molecule has 0 amide bonds. The summed E-state index contributed by atoms with van der Waals surface area (Å²) in [6, 6.07) is 19.4. The Morgan fingerprint density at radius 2 is 1.78 bits per heavy atom. The van der Waals surface area contributed by atoms with Gasteiger partial charge in [-0.2, -0.15) is 0 Å². The highest BCUT2D eigenvalue weighted by Gasteiger charge is 2.28. The quantitative estimate of drug-likeness (QED) is 0.635. The van der Waals surface area contributed by atoms with E-state index in [1.807, 2.05) is 6.07 Å². The summed E-state index contributed by atoms with van der Waals surface area (Å²) in [6.07, 6.45) is 2.25. The predicted molar refractivity (Wildman–Crippen MR) is 74.0 cm³/mol. The minimum absolute atomic E-state index is 0.240. The molecular formula is C16H18N2. The SMILES string of the molecule is NNC(CC1Cc2ccccc21)c1ccccc1. The Morgan fingerprint density at radius 3 is 2.50 bits per heavy atom. The zero-order valence-electron chi connectivity index (χ0n) is 10.3. The molecular weight excluding hydrogens is 220 g/mol. The van der Waals surface area contributed by atoms with Crippen LogP contribution in [0, 0.1) is 0 Å². The van der Waals surface area contributed by atoms with Crippen molar-refractivity contribution in [2.45, 2.75) is 24.8 Å². The van der Waals surface area contributed by atoms with Crippen molar-refractivity contribution in [3.05, 3.63) is 71.3 Å². The fraction of sp³-hybridized carbons (Fsp3) is 0.250. The monoisotopic (exact) mass is 238 g/mol. The first kappa shape index (κ1) is 11.5. The Morgan fingerprint density at radius 1 is 1.06 bits per heavy atom. The Balaban J connectivity index is 1.74. The molecule has 0 heterocycles. The van der Waals surface area contributed by atoms with Gasteiger partial charge in [0.15, 0.2) is 0 Å². The summed E-state index contributed by atoms with van der Waals surface area (Å²) in [5.74, 6) is 6.34. The van der Waals surface area contributed by atoms with E-state index < -0.39 is 0 Å². The number of nitrogens with two attached hydrogens (primary N) is 1. The molecule has 2 unspecified atom stereocenters. The second-order valence-electron chi connectivity index (χ2n) is 4.97. The molecule has 0 saturated carbocycles. The van der Waals surface area contributed by atoms with Gasteiger partial charge in [-0.3, -0.25) is 11.3 Å². The molecule has 92 valence electrons. The second kappa shape index (κ2) is 4.92. The zero-order chi connectivity index (χ0) is 12.4. The number of nitrogens with one attached hydrogen (secondary N) is 1. The van der Waals surface area contributed by atoms with Crippen LogP contribution in [0.1, 0.15) is 35.1 Å². The highest BCUT2D eigenvalue weighted by Crippen LogP contribution is 2.40. The van der Waals surface area contributed by atoms with Crippen LogP contribution in [0.5, 0.6) is 0 Å². The molecule has 0 radical (unpaired) electrons. The molecule has 2 atom stereocenters. The maximum Gasteiger partial charge on any atom is 0.0465 e. The summed E-state index contributed by atoms with van der Waals surface area (Å²) in [7, 11) is 0. The molecule has 3 N–H and O–H groups in total. The van der Waals surface area contributed by atoms with Crippen LogP contribution in [-0.2, 0) is 6.42 Å². The average molecular weight is 238 g/mol. The summed E-state index contributed by atoms with van der Waals surface area (Å²) in [5, 5.41) is 0. The number of fused-ring (bicyclic) bond motifs is 1. The minimum Gasteiger partial charge on any atom is -0.271 e. The van der Waals surface area contributed by atoms with Gasteiger partial charge >= 0.3 is 0 Å². The maximum absolute atomic E-state index is 5.70. The molecule has 3 rings (SSSR count). The molecule has 0 bridgehead atoms. The largest absolute Gasteiger partial charge is 0.271 e. The van der Waals surface area contributed by atoms with Crippen molar-refractivity contribution < 1.29 is 0 Å². The van der Waals surface area contributed by atoms with E-state index in [1.54, 1.807) is 0 Å². The average Bonchev–Trinajstić information content (AvgIpc) is 2.41. The van der Waals surface area contributed by atoms with Crippen molar-refractivity contribution in [2.75, 3.05) is 0 Å². The van der Waals surface area contributed by atoms with Gasteiger partial charge in [-0.25, -0.2) is 0 Å². The Bertz CT molecular complexity index is 522. The van der Waals surface area contributed by atoms with Gasteiger partial charge < -0.3 is 0 Å². The van der Waals surface area contributed by atoms with Crippen molar-refractivity contribution in [2.24, 2.45) is 5.84 Å². The Labute approximate surface area is 108 Å². The molecule has 2 nitrogen and oxygen atoms in total. The van der Waals surface area contributed by atoms with E-state index in [0.717, 1.165) is 6.42 Å². The van der Waals surface area contributed by atoms with E-state index >= 15 is 0 Å². The van der Waals surface area contributed by atoms with Crippen molar-refractivity contribution in [1.29, 1.82) is 0 Å². The highest BCUT2D eigenvalue weighted by atomic mass is 15.2. The summed E-state index contributed by atoms with van der Waals surface area (Å²) >= 11 is 0. The number of hydrazine groups is 1. The van der Waals surface area contributed by atoms with Gasteiger partial charge in [0.1, 0.15) is 0 Å². The van der Waals surface area contributed by atoms with E-state index in [1.165, 1.54) is 23.1 Å². The molecule has 0 fully saturated rings. The van der Waals surface area contributed by atoms with Crippen molar-refractivity contribution in [3.8, 4) is 0 Å². The van der Waals surface area contributed by atoms with Gasteiger partial charge in [0.25, 0.3) is 0 Å². The van der Waals surface area contributed by atoms with Crippen LogP contribution in [0.4, 0.5) is 0 Å². The molecule has 2 aromatic rings. The van der Waals surface area contributed by atoms with E-state index in [4.69, 9.17) is 5.84 Å². The van der Waals surface area contributed by atoms with Gasteiger partial charge in [-0.05, 0) is 35.4 Å². The molecule has 1 aliphatic carbocycles. The smallest absolute Gasteiger partial charge is 0.0465 e. The van der Waals surface area contributed by atoms with Crippen LogP contribution in [0.15, 0.2) is 54.6 Å². The van der Waals surface area contributed by atoms with Gasteiger partial charge in [-0.1, -0.05) is 54.6 Å². The third-order valence-electron chi connectivity index (χ3n) is 3.88. The Kier molecular flexibility index (Phi) is 3.13. The van der Waals surface area contributed by atoms with Crippen molar-refractivity contribution in [1.82, 2.24) is 5.43 Å². The lowest BCUT2D eigenvalue weighted by Gasteiger charge is -2.33. The van der Waals surface area contributed by atoms with Crippen molar-refractivity contribution >= 4 is 0 Å². The van der Waals surface area contributed by atoms with Crippen LogP contribution in [0.25, 0.3) is 0 Å². The lowest BCUT2D eigenvalue weighted by molar-refractivity contribution is 0.435. The second-order valence-corrected chi connectivity index (χ2v) is 4.97. The summed E-state index contributed by atoms with van der Waals surface area (Å²) < 4.78 is 0. The van der Waals surface area contributed by atoms with Crippen molar-refractivity contribution in [3.63, 3.8) is 0 Å². The Hall–Kier alpha value is -1.64. The first-order valence-corrected chi connectivity index (χ1v) is 6.47. The van der Waals surface area contributed by atoms with Crippen LogP contribution in [0.3, 0.4) is 0 Å². The lowest BCUT2D eigenvalue weighted by Crippen LogP contribution is -2.31. The van der Waals surface area contributed by atoms with Gasteiger partial charge in [0.05, 0.1) is 0 Å². The topological polar surface area (TPSA) is 38.0 Å². The molecule has 0 spiro atoms. The van der Waals surface area contributed by atoms with Gasteiger partial charge in [0.2, 0.25) is 0 Å². The van der Waals surface area contributed by atoms with E-state index in [-0.39, 0.29) is 6.04 Å². The molecule has 1 aliphatic rings. The third-order valence-corrected chi connectivity index (χ3v) is 3.88. The maximum atomic E-state index is 5.70. The predicted octanol–water partition coefficient (Wildman–Crippen LogP) is 2.92. The third kappa shape index (κ3) is 2.05. The van der Waals surface area contributed by atoms with Gasteiger partial charge in [-0.15, -0.1) is 0 Å². The summed E-state index contributed by atoms with van der Waals surface area (Å²) in [6.45, 7) is 0. The van der Waals surface area contributed by atoms with E-state index in [2.05, 4.69) is 54.0 Å². The number of benzene rings is 2. The standard InChI is InChI=1S/C16H18N2/c17-18-16(12-6-2-1-3-7-12)11-14-10-13-8-4-5-9-15(13)14/h1-9,14,16,18H,10-11,17H2. The first-order chi connectivity index (χ1) is 8.88. The number of hydrogen-bond donors (Lipinski definition) is 2. The first-order valence-electron chi connectivity index (χ1n) is 6.47. The minimum atomic E-state index is 0.240. The highest BCUT2D eigenvalue weighted by molar-refractivity contribution is 5.40. The van der Waals surface area contributed by atoms with Gasteiger partial charge in [0, 0.05) is 6.04 Å². The summed E-state index contributed by atoms with van der Waals surface area (Å²) in [5.41, 5.74) is 7.20. The molecule has 0 aromatic heterocycles. The number of hydrogen-bond acceptors (Lipinski definition) is 2. The van der Waals surface area contributed by atoms with Crippen LogP contribution < -0.4 is 11.3 Å². The summed E-state index contributed by atoms with van der Waals surface area (Å²) in [4.78, 5) is 0. The van der Waals surface area contributed by atoms with Crippen LogP contribution >= 0.6 is 0 Å². The number of rotatable bonds is 4. The fourth-order valence-electron chi connectivity index (χ4n) is 2.84. The van der Waals surface area contributed by atoms with Crippen LogP contribution in [-0.4, -0.2) is 0 Å². The molecule has 2 aromatic carbocycles. The molecule has 2 heteroatoms. The molecule has 0 aliphatic heterocycles. The van der Waals surface area contributed by atoms with E-state index in [9.17, 15) is 0 Å². The lowest BCUT2D eigenvalue weighted by atomic mass is 9.74. The van der Waals surface area contributed by atoms with Crippen LogP contribution in [0.2, 0.25) is 0 Å².